The van der Waals surface area contributed by atoms with Crippen molar-refractivity contribution in [2.75, 3.05) is 11.9 Å². The minimum atomic E-state index is -1.37. The quantitative estimate of drug-likeness (QED) is 0.217. The number of carboxylic acids is 1. The molecule has 1 aliphatic carbocycles. The van der Waals surface area contributed by atoms with Gasteiger partial charge in [0.05, 0.1) is 18.4 Å². The van der Waals surface area contributed by atoms with Gasteiger partial charge in [0.1, 0.15) is 12.4 Å². The molecule has 0 radical (unpaired) electrons. The van der Waals surface area contributed by atoms with Crippen LogP contribution in [0, 0.1) is 5.82 Å². The first-order chi connectivity index (χ1) is 20.3. The number of rotatable bonds is 10. The van der Waals surface area contributed by atoms with Crippen molar-refractivity contribution in [3.63, 3.8) is 0 Å². The van der Waals surface area contributed by atoms with Crippen molar-refractivity contribution in [1.82, 2.24) is 5.32 Å². The summed E-state index contributed by atoms with van der Waals surface area (Å²) in [6.07, 6.45) is -1.71. The third-order valence-electron chi connectivity index (χ3n) is 7.19. The van der Waals surface area contributed by atoms with Crippen LogP contribution in [-0.2, 0) is 20.9 Å². The Bertz CT molecular complexity index is 1560. The molecular weight excluding hydrogens is 539 g/mol. The Balaban J connectivity index is 1.18. The zero-order valence-corrected chi connectivity index (χ0v) is 22.8. The number of anilines is 1. The van der Waals surface area contributed by atoms with Gasteiger partial charge in [-0.05, 0) is 52.9 Å². The Morgan fingerprint density at radius 3 is 2.12 bits per heavy atom. The van der Waals surface area contributed by atoms with Crippen molar-refractivity contribution in [3.8, 4) is 11.1 Å². The van der Waals surface area contributed by atoms with E-state index in [2.05, 4.69) is 10.6 Å². The highest BCUT2D eigenvalue weighted by Gasteiger charge is 2.30. The van der Waals surface area contributed by atoms with E-state index in [0.717, 1.165) is 33.9 Å². The molecule has 8 nitrogen and oxygen atoms in total. The van der Waals surface area contributed by atoms with E-state index in [1.54, 1.807) is 0 Å². The highest BCUT2D eigenvalue weighted by Crippen LogP contribution is 2.44. The minimum Gasteiger partial charge on any atom is -0.480 e. The Kier molecular flexibility index (Phi) is 8.59. The molecule has 0 unspecified atom stereocenters. The van der Waals surface area contributed by atoms with Gasteiger partial charge in [0.25, 0.3) is 5.91 Å². The molecule has 0 saturated heterocycles. The standard InChI is InChI=1S/C33H29FN2O6/c1-20(41-18-21-9-3-2-4-10-21)30(32(38)39)36-31(37)22-15-16-29(28(34)17-22)35-33(40)42-19-27-25-13-7-5-11-23(25)24-12-6-8-14-26(24)27/h2-17,20,27,30H,18-19H2,1H3,(H,35,40)(H,36,37)(H,38,39)/t20-,30+/m0/s1. The van der Waals surface area contributed by atoms with Crippen LogP contribution in [0.5, 0.6) is 0 Å². The molecule has 3 N–H and O–H groups in total. The van der Waals surface area contributed by atoms with Crippen molar-refractivity contribution in [1.29, 1.82) is 0 Å². The summed E-state index contributed by atoms with van der Waals surface area (Å²) in [6.45, 7) is 1.75. The second kappa shape index (κ2) is 12.7. The topological polar surface area (TPSA) is 114 Å². The van der Waals surface area contributed by atoms with E-state index in [9.17, 15) is 23.9 Å². The molecule has 214 valence electrons. The number of amides is 2. The Labute approximate surface area is 242 Å². The molecule has 2 amide bonds. The molecule has 42 heavy (non-hydrogen) atoms. The zero-order valence-electron chi connectivity index (χ0n) is 22.8. The first-order valence-corrected chi connectivity index (χ1v) is 13.4. The molecule has 4 aromatic carbocycles. The van der Waals surface area contributed by atoms with Gasteiger partial charge in [-0.2, -0.15) is 0 Å². The molecule has 5 rings (SSSR count). The third-order valence-corrected chi connectivity index (χ3v) is 7.19. The third kappa shape index (κ3) is 6.31. The number of ether oxygens (including phenoxy) is 2. The van der Waals surface area contributed by atoms with Crippen molar-refractivity contribution in [2.45, 2.75) is 31.6 Å². The van der Waals surface area contributed by atoms with Gasteiger partial charge in [0, 0.05) is 11.5 Å². The smallest absolute Gasteiger partial charge is 0.411 e. The second-order valence-electron chi connectivity index (χ2n) is 9.94. The summed E-state index contributed by atoms with van der Waals surface area (Å²) in [4.78, 5) is 37.2. The largest absolute Gasteiger partial charge is 0.480 e. The molecule has 0 saturated carbocycles. The first kappa shape index (κ1) is 28.5. The summed E-state index contributed by atoms with van der Waals surface area (Å²) >= 11 is 0. The number of fused-ring (bicyclic) bond motifs is 3. The molecule has 0 heterocycles. The molecule has 2 atom stereocenters. The predicted molar refractivity (Wildman–Crippen MR) is 155 cm³/mol. The van der Waals surface area contributed by atoms with E-state index < -0.39 is 35.9 Å². The lowest BCUT2D eigenvalue weighted by molar-refractivity contribution is -0.143. The van der Waals surface area contributed by atoms with E-state index in [1.807, 2.05) is 78.9 Å². The van der Waals surface area contributed by atoms with E-state index in [0.29, 0.717) is 0 Å². The van der Waals surface area contributed by atoms with E-state index in [4.69, 9.17) is 9.47 Å². The number of hydrogen-bond donors (Lipinski definition) is 3. The lowest BCUT2D eigenvalue weighted by Gasteiger charge is -2.22. The normalized spacial score (nSPS) is 13.4. The van der Waals surface area contributed by atoms with Crippen LogP contribution >= 0.6 is 0 Å². The lowest BCUT2D eigenvalue weighted by atomic mass is 9.98. The Morgan fingerprint density at radius 2 is 1.50 bits per heavy atom. The number of halogens is 1. The maximum atomic E-state index is 14.9. The fourth-order valence-corrected chi connectivity index (χ4v) is 5.00. The molecule has 0 bridgehead atoms. The van der Waals surface area contributed by atoms with Crippen molar-refractivity contribution >= 4 is 23.7 Å². The van der Waals surface area contributed by atoms with Crippen LogP contribution in [0.4, 0.5) is 14.9 Å². The summed E-state index contributed by atoms with van der Waals surface area (Å²) in [6, 6.07) is 27.1. The van der Waals surface area contributed by atoms with E-state index in [-0.39, 0.29) is 30.4 Å². The SMILES string of the molecule is C[C@H](OCc1ccccc1)[C@@H](NC(=O)c1ccc(NC(=O)OCC2c3ccccc3-c3ccccc32)c(F)c1)C(=O)O. The second-order valence-corrected chi connectivity index (χ2v) is 9.94. The Morgan fingerprint density at radius 1 is 0.881 bits per heavy atom. The van der Waals surface area contributed by atoms with Gasteiger partial charge in [-0.3, -0.25) is 10.1 Å². The maximum Gasteiger partial charge on any atom is 0.411 e. The molecule has 1 aliphatic rings. The Hall–Kier alpha value is -5.02. The molecule has 0 aliphatic heterocycles. The molecule has 0 fully saturated rings. The van der Waals surface area contributed by atoms with E-state index >= 15 is 0 Å². The molecule has 4 aromatic rings. The van der Waals surface area contributed by atoms with Crippen molar-refractivity contribution in [2.24, 2.45) is 0 Å². The van der Waals surface area contributed by atoms with Crippen LogP contribution in [0.2, 0.25) is 0 Å². The van der Waals surface area contributed by atoms with Gasteiger partial charge in [0.2, 0.25) is 0 Å². The lowest BCUT2D eigenvalue weighted by Crippen LogP contribution is -2.48. The summed E-state index contributed by atoms with van der Waals surface area (Å²) in [7, 11) is 0. The zero-order chi connectivity index (χ0) is 29.6. The van der Waals surface area contributed by atoms with Crippen molar-refractivity contribution < 1.29 is 33.4 Å². The molecular formula is C33H29FN2O6. The van der Waals surface area contributed by atoms with Crippen LogP contribution in [0.25, 0.3) is 11.1 Å². The number of hydrogen-bond acceptors (Lipinski definition) is 5. The average Bonchev–Trinajstić information content (AvgIpc) is 3.32. The number of carbonyl (C=O) groups is 3. The number of benzene rings is 4. The van der Waals surface area contributed by atoms with Gasteiger partial charge in [-0.15, -0.1) is 0 Å². The number of aliphatic carboxylic acids is 1. The minimum absolute atomic E-state index is 0.0586. The van der Waals surface area contributed by atoms with Crippen LogP contribution in [0.1, 0.15) is 39.9 Å². The van der Waals surface area contributed by atoms with Crippen LogP contribution in [0.15, 0.2) is 97.1 Å². The first-order valence-electron chi connectivity index (χ1n) is 13.4. The summed E-state index contributed by atoms with van der Waals surface area (Å²) < 4.78 is 26.0. The number of nitrogens with one attached hydrogen (secondary N) is 2. The van der Waals surface area contributed by atoms with Gasteiger partial charge >= 0.3 is 12.1 Å². The fourth-order valence-electron chi connectivity index (χ4n) is 5.00. The van der Waals surface area contributed by atoms with Gasteiger partial charge in [0.15, 0.2) is 6.04 Å². The molecule has 0 aromatic heterocycles. The number of carbonyl (C=O) groups excluding carboxylic acids is 2. The van der Waals surface area contributed by atoms with Gasteiger partial charge in [-0.1, -0.05) is 78.9 Å². The highest BCUT2D eigenvalue weighted by atomic mass is 19.1. The maximum absolute atomic E-state index is 14.9. The molecule has 9 heteroatoms. The van der Waals surface area contributed by atoms with Gasteiger partial charge in [-0.25, -0.2) is 14.0 Å². The van der Waals surface area contributed by atoms with Crippen LogP contribution in [-0.4, -0.2) is 41.8 Å². The monoisotopic (exact) mass is 568 g/mol. The fraction of sp³-hybridized carbons (Fsp3) is 0.182. The highest BCUT2D eigenvalue weighted by molar-refractivity contribution is 5.97. The molecule has 0 spiro atoms. The average molecular weight is 569 g/mol. The van der Waals surface area contributed by atoms with E-state index in [1.165, 1.54) is 19.1 Å². The summed E-state index contributed by atoms with van der Waals surface area (Å²) in [5, 5.41) is 14.4. The van der Waals surface area contributed by atoms with Crippen LogP contribution < -0.4 is 10.6 Å². The van der Waals surface area contributed by atoms with Crippen LogP contribution in [0.3, 0.4) is 0 Å². The van der Waals surface area contributed by atoms with Crippen molar-refractivity contribution in [3.05, 3.63) is 125 Å². The van der Waals surface area contributed by atoms with Gasteiger partial charge < -0.3 is 19.9 Å². The summed E-state index contributed by atoms with van der Waals surface area (Å²) in [5.41, 5.74) is 4.82. The predicted octanol–water partition coefficient (Wildman–Crippen LogP) is 5.98. The summed E-state index contributed by atoms with van der Waals surface area (Å²) in [5.74, 6) is -3.13. The number of carboxylic acid groups (broad SMARTS) is 1.